The van der Waals surface area contributed by atoms with Gasteiger partial charge in [0.05, 0.1) is 0 Å². The zero-order chi connectivity index (χ0) is 14.6. The van der Waals surface area contributed by atoms with Crippen molar-refractivity contribution >= 4 is 6.08 Å². The number of hydrogen-bond donors (Lipinski definition) is 1. The fourth-order valence-corrected chi connectivity index (χ4v) is 5.29. The molecule has 1 aromatic carbocycles. The van der Waals surface area contributed by atoms with Crippen molar-refractivity contribution in [2.24, 2.45) is 17.3 Å². The van der Waals surface area contributed by atoms with Crippen LogP contribution >= 0.6 is 0 Å². The summed E-state index contributed by atoms with van der Waals surface area (Å²) >= 11 is 0. The molecule has 0 heterocycles. The van der Waals surface area contributed by atoms with E-state index in [1.165, 1.54) is 36.8 Å². The predicted molar refractivity (Wildman–Crippen MR) is 87.2 cm³/mol. The van der Waals surface area contributed by atoms with Crippen LogP contribution in [0.15, 0.2) is 35.9 Å². The van der Waals surface area contributed by atoms with Crippen molar-refractivity contribution in [1.29, 1.82) is 0 Å². The van der Waals surface area contributed by atoms with Gasteiger partial charge in [-0.05, 0) is 72.1 Å². The molecular weight excluding hydrogens is 256 g/mol. The molecule has 1 aromatic rings. The van der Waals surface area contributed by atoms with E-state index in [1.807, 2.05) is 12.1 Å². The molecule has 1 heteroatoms. The number of hydrogen-bond acceptors (Lipinski definition) is 1. The van der Waals surface area contributed by atoms with Crippen molar-refractivity contribution < 1.29 is 5.11 Å². The van der Waals surface area contributed by atoms with Crippen LogP contribution in [0, 0.1) is 17.3 Å². The highest BCUT2D eigenvalue weighted by atomic mass is 16.3. The molecule has 1 fully saturated rings. The quantitative estimate of drug-likeness (QED) is 0.694. The normalized spacial score (nSPS) is 36.7. The Kier molecular flexibility index (Phi) is 2.82. The summed E-state index contributed by atoms with van der Waals surface area (Å²) in [6.45, 7) is 4.80. The van der Waals surface area contributed by atoms with E-state index in [9.17, 15) is 5.11 Å². The molecular formula is C20H24O. The Labute approximate surface area is 127 Å². The van der Waals surface area contributed by atoms with Gasteiger partial charge in [-0.2, -0.15) is 0 Å². The molecule has 0 aliphatic heterocycles. The van der Waals surface area contributed by atoms with Crippen LogP contribution in [0.2, 0.25) is 0 Å². The number of benzene rings is 1. The molecule has 0 amide bonds. The lowest BCUT2D eigenvalue weighted by Gasteiger charge is -2.48. The third-order valence-corrected chi connectivity index (χ3v) is 6.42. The molecule has 0 bridgehead atoms. The first-order valence-corrected chi connectivity index (χ1v) is 8.34. The monoisotopic (exact) mass is 280 g/mol. The Morgan fingerprint density at radius 3 is 3.00 bits per heavy atom. The number of fused-ring (bicyclic) bond motifs is 5. The molecule has 1 saturated carbocycles. The summed E-state index contributed by atoms with van der Waals surface area (Å²) in [6, 6.07) is 5.92. The summed E-state index contributed by atoms with van der Waals surface area (Å²) < 4.78 is 0. The van der Waals surface area contributed by atoms with Crippen molar-refractivity contribution in [1.82, 2.24) is 0 Å². The fraction of sp³-hybridized carbons (Fsp3) is 0.500. The lowest BCUT2D eigenvalue weighted by molar-refractivity contribution is 0.112. The highest BCUT2D eigenvalue weighted by Crippen LogP contribution is 2.60. The smallest absolute Gasteiger partial charge is 0.116 e. The Bertz CT molecular complexity index is 639. The second-order valence-corrected chi connectivity index (χ2v) is 7.24. The van der Waals surface area contributed by atoms with E-state index in [4.69, 9.17) is 0 Å². The number of rotatable bonds is 1. The largest absolute Gasteiger partial charge is 0.508 e. The Hall–Kier alpha value is -1.50. The zero-order valence-electron chi connectivity index (χ0n) is 13.0. The highest BCUT2D eigenvalue weighted by molar-refractivity contribution is 5.61. The lowest BCUT2D eigenvalue weighted by atomic mass is 9.55. The molecule has 3 aliphatic rings. The van der Waals surface area contributed by atoms with Gasteiger partial charge in [-0.1, -0.05) is 43.7 Å². The van der Waals surface area contributed by atoms with E-state index in [0.717, 1.165) is 5.92 Å². The van der Waals surface area contributed by atoms with Gasteiger partial charge in [0.25, 0.3) is 0 Å². The van der Waals surface area contributed by atoms with Gasteiger partial charge in [-0.25, -0.2) is 0 Å². The first-order chi connectivity index (χ1) is 10.1. The first-order valence-electron chi connectivity index (χ1n) is 8.34. The van der Waals surface area contributed by atoms with Crippen LogP contribution < -0.4 is 0 Å². The van der Waals surface area contributed by atoms with Gasteiger partial charge < -0.3 is 5.11 Å². The van der Waals surface area contributed by atoms with Crippen LogP contribution in [0.25, 0.3) is 6.08 Å². The topological polar surface area (TPSA) is 20.2 Å². The van der Waals surface area contributed by atoms with Gasteiger partial charge in [0.2, 0.25) is 0 Å². The molecule has 0 radical (unpaired) electrons. The minimum atomic E-state index is 0.383. The second-order valence-electron chi connectivity index (χ2n) is 7.24. The summed E-state index contributed by atoms with van der Waals surface area (Å²) in [5.41, 5.74) is 4.79. The van der Waals surface area contributed by atoms with E-state index in [-0.39, 0.29) is 0 Å². The van der Waals surface area contributed by atoms with Crippen molar-refractivity contribution in [2.45, 2.75) is 45.4 Å². The zero-order valence-corrected chi connectivity index (χ0v) is 13.0. The maximum absolute atomic E-state index is 9.70. The Balaban J connectivity index is 1.73. The first kappa shape index (κ1) is 13.2. The van der Waals surface area contributed by atoms with E-state index in [1.54, 1.807) is 5.57 Å². The molecule has 0 saturated heterocycles. The average Bonchev–Trinajstić information content (AvgIpc) is 2.83. The number of phenolic OH excluding ortho intramolecular Hbond substituents is 1. The minimum absolute atomic E-state index is 0.383. The van der Waals surface area contributed by atoms with E-state index < -0.39 is 0 Å². The molecule has 110 valence electrons. The minimum Gasteiger partial charge on any atom is -0.508 e. The molecule has 0 unspecified atom stereocenters. The van der Waals surface area contributed by atoms with Crippen LogP contribution in [0.5, 0.6) is 5.75 Å². The third kappa shape index (κ3) is 1.76. The maximum atomic E-state index is 9.70. The molecule has 21 heavy (non-hydrogen) atoms. The van der Waals surface area contributed by atoms with Crippen molar-refractivity contribution in [2.75, 3.05) is 0 Å². The molecule has 0 aromatic heterocycles. The fourth-order valence-electron chi connectivity index (χ4n) is 5.29. The molecule has 1 nitrogen and oxygen atoms in total. The van der Waals surface area contributed by atoms with Crippen LogP contribution in [0.4, 0.5) is 0 Å². The second kappa shape index (κ2) is 4.50. The van der Waals surface area contributed by atoms with Gasteiger partial charge in [0.15, 0.2) is 0 Å². The van der Waals surface area contributed by atoms with Crippen LogP contribution in [0.3, 0.4) is 0 Å². The standard InChI is InChI=1S/C20H24O/c1-3-14-5-9-19-18-7-4-13-12-15(21)6-8-16(13)17(18)10-11-20(14,19)2/h4-8,12,17-19,21H,3,9-11H2,1-2H3/t17-,18-,19+,20-/m1/s1. The maximum Gasteiger partial charge on any atom is 0.116 e. The summed E-state index contributed by atoms with van der Waals surface area (Å²) in [6.07, 6.45) is 12.2. The summed E-state index contributed by atoms with van der Waals surface area (Å²) in [5.74, 6) is 2.46. The van der Waals surface area contributed by atoms with Crippen LogP contribution in [0.1, 0.15) is 56.6 Å². The average molecular weight is 280 g/mol. The predicted octanol–water partition coefficient (Wildman–Crippen LogP) is 5.28. The van der Waals surface area contributed by atoms with Crippen LogP contribution in [-0.4, -0.2) is 5.11 Å². The summed E-state index contributed by atoms with van der Waals surface area (Å²) in [4.78, 5) is 0. The van der Waals surface area contributed by atoms with Gasteiger partial charge >= 0.3 is 0 Å². The SMILES string of the molecule is CCC1=CC[C@H]2[C@@H]3C=Cc4cc(O)ccc4[C@H]3CC[C@]12C. The summed E-state index contributed by atoms with van der Waals surface area (Å²) in [7, 11) is 0. The molecule has 3 aliphatic carbocycles. The number of aromatic hydroxyl groups is 1. The van der Waals surface area contributed by atoms with Crippen molar-refractivity contribution in [3.8, 4) is 5.75 Å². The van der Waals surface area contributed by atoms with Crippen LogP contribution in [-0.2, 0) is 0 Å². The lowest BCUT2D eigenvalue weighted by Crippen LogP contribution is -2.39. The van der Waals surface area contributed by atoms with E-state index >= 15 is 0 Å². The Morgan fingerprint density at radius 2 is 2.19 bits per heavy atom. The number of allylic oxidation sites excluding steroid dienone is 3. The van der Waals surface area contributed by atoms with Gasteiger partial charge in [0.1, 0.15) is 5.75 Å². The number of phenols is 1. The highest BCUT2D eigenvalue weighted by Gasteiger charge is 2.50. The molecule has 4 rings (SSSR count). The molecule has 1 N–H and O–H groups in total. The summed E-state index contributed by atoms with van der Waals surface area (Å²) in [5, 5.41) is 9.70. The molecule has 4 atom stereocenters. The van der Waals surface area contributed by atoms with Gasteiger partial charge in [0, 0.05) is 0 Å². The van der Waals surface area contributed by atoms with Gasteiger partial charge in [-0.15, -0.1) is 0 Å². The molecule has 0 spiro atoms. The van der Waals surface area contributed by atoms with E-state index in [2.05, 4.69) is 38.1 Å². The third-order valence-electron chi connectivity index (χ3n) is 6.42. The van der Waals surface area contributed by atoms with Gasteiger partial charge in [-0.3, -0.25) is 0 Å². The van der Waals surface area contributed by atoms with E-state index in [0.29, 0.717) is 23.0 Å². The Morgan fingerprint density at radius 1 is 1.33 bits per heavy atom. The van der Waals surface area contributed by atoms with Crippen molar-refractivity contribution in [3.63, 3.8) is 0 Å². The van der Waals surface area contributed by atoms with Crippen molar-refractivity contribution in [3.05, 3.63) is 47.1 Å².